The van der Waals surface area contributed by atoms with Crippen LogP contribution in [-0.2, 0) is 11.3 Å². The van der Waals surface area contributed by atoms with Crippen molar-refractivity contribution < 1.29 is 4.79 Å². The Morgan fingerprint density at radius 1 is 1.50 bits per heavy atom. The number of aromatic nitrogens is 1. The molecule has 4 nitrogen and oxygen atoms in total. The number of nitrogens with zero attached hydrogens (tertiary/aromatic N) is 2. The molecule has 98 valence electrons. The summed E-state index contributed by atoms with van der Waals surface area (Å²) < 4.78 is 0. The van der Waals surface area contributed by atoms with Gasteiger partial charge in [0.05, 0.1) is 0 Å². The number of allylic oxidation sites excluding steroid dienone is 1. The summed E-state index contributed by atoms with van der Waals surface area (Å²) in [6.07, 6.45) is 4.55. The molecular formula is C14H21N3O. The molecule has 1 N–H and O–H groups in total. The van der Waals surface area contributed by atoms with Gasteiger partial charge in [-0.1, -0.05) is 19.1 Å². The predicted molar refractivity (Wildman–Crippen MR) is 74.5 cm³/mol. The summed E-state index contributed by atoms with van der Waals surface area (Å²) >= 11 is 0. The lowest BCUT2D eigenvalue weighted by Gasteiger charge is -2.16. The number of pyridine rings is 1. The topological polar surface area (TPSA) is 45.2 Å². The summed E-state index contributed by atoms with van der Waals surface area (Å²) in [5.41, 5.74) is 1.77. The number of hydrogen-bond acceptors (Lipinski definition) is 3. The molecule has 0 aliphatic carbocycles. The van der Waals surface area contributed by atoms with E-state index in [4.69, 9.17) is 0 Å². The van der Waals surface area contributed by atoms with Crippen molar-refractivity contribution in [2.75, 3.05) is 19.0 Å². The molecule has 0 saturated carbocycles. The molecule has 1 aromatic rings. The fourth-order valence-electron chi connectivity index (χ4n) is 1.68. The zero-order chi connectivity index (χ0) is 13.5. The summed E-state index contributed by atoms with van der Waals surface area (Å²) in [6, 6.07) is 3.85. The van der Waals surface area contributed by atoms with Crippen LogP contribution in [0.15, 0.2) is 30.0 Å². The van der Waals surface area contributed by atoms with Crippen molar-refractivity contribution in [3.8, 4) is 0 Å². The van der Waals surface area contributed by atoms with E-state index in [2.05, 4.69) is 10.3 Å². The van der Waals surface area contributed by atoms with E-state index >= 15 is 0 Å². The van der Waals surface area contributed by atoms with Gasteiger partial charge in [0.15, 0.2) is 0 Å². The molecule has 0 saturated heterocycles. The van der Waals surface area contributed by atoms with Crippen LogP contribution in [0.4, 0.5) is 5.82 Å². The van der Waals surface area contributed by atoms with Crippen LogP contribution >= 0.6 is 0 Å². The molecule has 0 radical (unpaired) electrons. The first kappa shape index (κ1) is 14.2. The normalized spacial score (nSPS) is 11.2. The first-order valence-electron chi connectivity index (χ1n) is 6.12. The van der Waals surface area contributed by atoms with Gasteiger partial charge in [0.25, 0.3) is 0 Å². The summed E-state index contributed by atoms with van der Waals surface area (Å²) in [7, 11) is 3.88. The van der Waals surface area contributed by atoms with Crippen LogP contribution in [0.3, 0.4) is 0 Å². The minimum Gasteiger partial charge on any atom is -0.362 e. The van der Waals surface area contributed by atoms with Gasteiger partial charge in [-0.2, -0.15) is 0 Å². The van der Waals surface area contributed by atoms with Gasteiger partial charge in [0.2, 0.25) is 5.91 Å². The molecular weight excluding hydrogens is 226 g/mol. The van der Waals surface area contributed by atoms with Gasteiger partial charge in [0, 0.05) is 38.0 Å². The molecule has 1 aromatic heterocycles. The van der Waals surface area contributed by atoms with Crippen molar-refractivity contribution in [1.82, 2.24) is 10.3 Å². The van der Waals surface area contributed by atoms with Crippen LogP contribution in [0, 0.1) is 0 Å². The Morgan fingerprint density at radius 2 is 2.22 bits per heavy atom. The molecule has 0 fully saturated rings. The second kappa shape index (κ2) is 6.79. The van der Waals surface area contributed by atoms with Gasteiger partial charge in [-0.05, 0) is 19.4 Å². The van der Waals surface area contributed by atoms with Crippen LogP contribution < -0.4 is 10.2 Å². The predicted octanol–water partition coefficient (Wildman–Crippen LogP) is 2.12. The number of amides is 1. The third kappa shape index (κ3) is 3.87. The van der Waals surface area contributed by atoms with E-state index in [1.807, 2.05) is 51.1 Å². The lowest BCUT2D eigenvalue weighted by molar-refractivity contribution is -0.117. The minimum absolute atomic E-state index is 0.0228. The highest BCUT2D eigenvalue weighted by Crippen LogP contribution is 2.13. The van der Waals surface area contributed by atoms with Crippen LogP contribution in [0.5, 0.6) is 0 Å². The number of carbonyl (C=O) groups excluding carboxylic acids is 1. The summed E-state index contributed by atoms with van der Waals surface area (Å²) in [4.78, 5) is 18.0. The number of rotatable bonds is 5. The van der Waals surface area contributed by atoms with Crippen LogP contribution in [0.25, 0.3) is 0 Å². The number of anilines is 1. The van der Waals surface area contributed by atoms with Crippen molar-refractivity contribution >= 4 is 11.7 Å². The number of carbonyl (C=O) groups is 1. The quantitative estimate of drug-likeness (QED) is 0.811. The SMILES string of the molecule is CCC=C(C)C(=O)NCc1cccnc1N(C)C. The summed E-state index contributed by atoms with van der Waals surface area (Å²) in [5.74, 6) is 0.861. The van der Waals surface area contributed by atoms with Crippen molar-refractivity contribution in [3.05, 3.63) is 35.5 Å². The number of nitrogens with one attached hydrogen (secondary N) is 1. The monoisotopic (exact) mass is 247 g/mol. The Labute approximate surface area is 109 Å². The Kier molecular flexibility index (Phi) is 5.36. The second-order valence-corrected chi connectivity index (χ2v) is 4.36. The molecule has 18 heavy (non-hydrogen) atoms. The zero-order valence-electron chi connectivity index (χ0n) is 11.5. The third-order valence-electron chi connectivity index (χ3n) is 2.60. The van der Waals surface area contributed by atoms with E-state index in [9.17, 15) is 4.79 Å². The molecule has 0 atom stereocenters. The van der Waals surface area contributed by atoms with Crippen LogP contribution in [0.1, 0.15) is 25.8 Å². The fourth-order valence-corrected chi connectivity index (χ4v) is 1.68. The Morgan fingerprint density at radius 3 is 2.83 bits per heavy atom. The van der Waals surface area contributed by atoms with Gasteiger partial charge < -0.3 is 10.2 Å². The Hall–Kier alpha value is -1.84. The van der Waals surface area contributed by atoms with Crippen molar-refractivity contribution in [1.29, 1.82) is 0 Å². The van der Waals surface area contributed by atoms with E-state index in [1.165, 1.54) is 0 Å². The molecule has 0 spiro atoms. The molecule has 0 aromatic carbocycles. The Bertz CT molecular complexity index is 438. The van der Waals surface area contributed by atoms with Crippen molar-refractivity contribution in [2.45, 2.75) is 26.8 Å². The van der Waals surface area contributed by atoms with Gasteiger partial charge in [0.1, 0.15) is 5.82 Å². The van der Waals surface area contributed by atoms with Crippen LogP contribution in [-0.4, -0.2) is 25.0 Å². The van der Waals surface area contributed by atoms with E-state index < -0.39 is 0 Å². The van der Waals surface area contributed by atoms with Crippen LogP contribution in [0.2, 0.25) is 0 Å². The van der Waals surface area contributed by atoms with E-state index in [1.54, 1.807) is 6.20 Å². The van der Waals surface area contributed by atoms with Gasteiger partial charge in [-0.15, -0.1) is 0 Å². The first-order chi connectivity index (χ1) is 8.56. The Balaban J connectivity index is 2.69. The first-order valence-corrected chi connectivity index (χ1v) is 6.12. The highest BCUT2D eigenvalue weighted by atomic mass is 16.1. The van der Waals surface area contributed by atoms with Gasteiger partial charge in [-0.3, -0.25) is 4.79 Å². The second-order valence-electron chi connectivity index (χ2n) is 4.36. The maximum absolute atomic E-state index is 11.8. The molecule has 0 aliphatic rings. The maximum Gasteiger partial charge on any atom is 0.246 e. The summed E-state index contributed by atoms with van der Waals surface area (Å²) in [6.45, 7) is 4.34. The standard InChI is InChI=1S/C14H21N3O/c1-5-7-11(2)14(18)16-10-12-8-6-9-15-13(12)17(3)4/h6-9H,5,10H2,1-4H3,(H,16,18). The molecule has 4 heteroatoms. The van der Waals surface area contributed by atoms with E-state index in [0.717, 1.165) is 23.4 Å². The van der Waals surface area contributed by atoms with Gasteiger partial charge in [-0.25, -0.2) is 4.98 Å². The van der Waals surface area contributed by atoms with Crippen molar-refractivity contribution in [3.63, 3.8) is 0 Å². The molecule has 1 amide bonds. The average molecular weight is 247 g/mol. The van der Waals surface area contributed by atoms with E-state index in [-0.39, 0.29) is 5.91 Å². The lowest BCUT2D eigenvalue weighted by Crippen LogP contribution is -2.25. The van der Waals surface area contributed by atoms with Gasteiger partial charge >= 0.3 is 0 Å². The highest BCUT2D eigenvalue weighted by Gasteiger charge is 2.07. The lowest BCUT2D eigenvalue weighted by atomic mass is 10.2. The maximum atomic E-state index is 11.8. The molecule has 1 rings (SSSR count). The number of hydrogen-bond donors (Lipinski definition) is 1. The summed E-state index contributed by atoms with van der Waals surface area (Å²) in [5, 5.41) is 2.90. The minimum atomic E-state index is -0.0228. The third-order valence-corrected chi connectivity index (χ3v) is 2.60. The molecule has 1 heterocycles. The van der Waals surface area contributed by atoms with E-state index in [0.29, 0.717) is 6.54 Å². The molecule has 0 aliphatic heterocycles. The largest absolute Gasteiger partial charge is 0.362 e. The molecule has 0 unspecified atom stereocenters. The average Bonchev–Trinajstić information content (AvgIpc) is 2.36. The smallest absolute Gasteiger partial charge is 0.246 e. The zero-order valence-corrected chi connectivity index (χ0v) is 11.5. The van der Waals surface area contributed by atoms with Crippen molar-refractivity contribution in [2.24, 2.45) is 0 Å². The highest BCUT2D eigenvalue weighted by molar-refractivity contribution is 5.92. The molecule has 0 bridgehead atoms. The fraction of sp³-hybridized carbons (Fsp3) is 0.429.